The average molecular weight is 290 g/mol. The number of rotatable bonds is 8. The molecule has 1 saturated carbocycles. The first-order valence-electron chi connectivity index (χ1n) is 7.87. The van der Waals surface area contributed by atoms with Crippen LogP contribution in [0, 0.1) is 5.41 Å². The molecule has 2 rings (SSSR count). The lowest BCUT2D eigenvalue weighted by Crippen LogP contribution is -2.44. The minimum atomic E-state index is -0.301. The van der Waals surface area contributed by atoms with Crippen LogP contribution in [-0.4, -0.2) is 25.6 Å². The molecule has 3 N–H and O–H groups in total. The van der Waals surface area contributed by atoms with Gasteiger partial charge in [0.25, 0.3) is 0 Å². The fourth-order valence-electron chi connectivity index (χ4n) is 2.90. The molecule has 1 fully saturated rings. The summed E-state index contributed by atoms with van der Waals surface area (Å²) < 4.78 is 5.60. The third-order valence-corrected chi connectivity index (χ3v) is 4.30. The Morgan fingerprint density at radius 2 is 1.95 bits per heavy atom. The summed E-state index contributed by atoms with van der Waals surface area (Å²) in [6, 6.07) is 10.1. The molecule has 0 aromatic heterocycles. The maximum absolute atomic E-state index is 12.2. The highest BCUT2D eigenvalue weighted by Gasteiger charge is 2.39. The number of carbonyl (C=O) groups excluding carboxylic acids is 1. The molecule has 0 bridgehead atoms. The molecule has 1 amide bonds. The summed E-state index contributed by atoms with van der Waals surface area (Å²) >= 11 is 0. The van der Waals surface area contributed by atoms with Gasteiger partial charge in [-0.05, 0) is 24.8 Å². The molecule has 1 aromatic rings. The van der Waals surface area contributed by atoms with Crippen LogP contribution in [0.5, 0.6) is 0 Å². The van der Waals surface area contributed by atoms with Crippen molar-refractivity contribution in [3.63, 3.8) is 0 Å². The molecule has 1 aromatic carbocycles. The molecule has 0 aliphatic heterocycles. The largest absolute Gasteiger partial charge is 0.377 e. The number of hydrogen-bond acceptors (Lipinski definition) is 3. The van der Waals surface area contributed by atoms with Gasteiger partial charge in [-0.3, -0.25) is 4.79 Å². The molecule has 1 aliphatic rings. The van der Waals surface area contributed by atoms with Crippen LogP contribution < -0.4 is 11.1 Å². The summed E-state index contributed by atoms with van der Waals surface area (Å²) in [5, 5.41) is 3.02. The fraction of sp³-hybridized carbons (Fsp3) is 0.588. The zero-order valence-electron chi connectivity index (χ0n) is 12.6. The van der Waals surface area contributed by atoms with Crippen molar-refractivity contribution in [1.29, 1.82) is 0 Å². The molecule has 0 saturated heterocycles. The van der Waals surface area contributed by atoms with Gasteiger partial charge in [0.05, 0.1) is 12.0 Å². The van der Waals surface area contributed by atoms with Crippen LogP contribution in [-0.2, 0) is 16.1 Å². The van der Waals surface area contributed by atoms with Gasteiger partial charge in [-0.1, -0.05) is 43.2 Å². The molecule has 4 nitrogen and oxygen atoms in total. The molecule has 0 atom stereocenters. The van der Waals surface area contributed by atoms with Crippen molar-refractivity contribution < 1.29 is 9.53 Å². The van der Waals surface area contributed by atoms with Gasteiger partial charge in [-0.2, -0.15) is 0 Å². The summed E-state index contributed by atoms with van der Waals surface area (Å²) in [5.41, 5.74) is 6.68. The first kappa shape index (κ1) is 16.0. The van der Waals surface area contributed by atoms with E-state index >= 15 is 0 Å². The summed E-state index contributed by atoms with van der Waals surface area (Å²) in [5.74, 6) is 0.130. The Labute approximate surface area is 127 Å². The van der Waals surface area contributed by atoms with E-state index in [0.29, 0.717) is 26.3 Å². The van der Waals surface area contributed by atoms with Crippen LogP contribution in [0.15, 0.2) is 30.3 Å². The van der Waals surface area contributed by atoms with Gasteiger partial charge in [0, 0.05) is 19.7 Å². The van der Waals surface area contributed by atoms with Gasteiger partial charge >= 0.3 is 0 Å². The number of ether oxygens (including phenoxy) is 1. The third kappa shape index (κ3) is 4.55. The molecular weight excluding hydrogens is 264 g/mol. The summed E-state index contributed by atoms with van der Waals surface area (Å²) in [4.78, 5) is 12.2. The predicted octanol–water partition coefficient (Wildman–Crippen LogP) is 2.23. The molecule has 0 radical (unpaired) electrons. The standard InChI is InChI=1S/C17H26N2O2/c18-14-17(9-4-5-10-17)16(20)19-11-6-12-21-13-15-7-2-1-3-8-15/h1-3,7-8H,4-6,9-14,18H2,(H,19,20). The van der Waals surface area contributed by atoms with E-state index in [1.807, 2.05) is 30.3 Å². The first-order valence-corrected chi connectivity index (χ1v) is 7.87. The van der Waals surface area contributed by atoms with E-state index in [0.717, 1.165) is 32.1 Å². The highest BCUT2D eigenvalue weighted by atomic mass is 16.5. The van der Waals surface area contributed by atoms with Gasteiger partial charge < -0.3 is 15.8 Å². The minimum Gasteiger partial charge on any atom is -0.377 e. The SMILES string of the molecule is NCC1(C(=O)NCCCOCc2ccccc2)CCCC1. The zero-order chi connectivity index (χ0) is 15.0. The molecule has 1 aliphatic carbocycles. The Hall–Kier alpha value is -1.39. The van der Waals surface area contributed by atoms with Gasteiger partial charge in [-0.15, -0.1) is 0 Å². The molecule has 0 spiro atoms. The Balaban J connectivity index is 1.58. The van der Waals surface area contributed by atoms with Crippen molar-refractivity contribution in [2.45, 2.75) is 38.7 Å². The number of amides is 1. The van der Waals surface area contributed by atoms with Gasteiger partial charge in [0.2, 0.25) is 5.91 Å². The number of nitrogens with two attached hydrogens (primary N) is 1. The van der Waals surface area contributed by atoms with Crippen molar-refractivity contribution in [2.75, 3.05) is 19.7 Å². The third-order valence-electron chi connectivity index (χ3n) is 4.30. The molecular formula is C17H26N2O2. The lowest BCUT2D eigenvalue weighted by atomic mass is 9.85. The Morgan fingerprint density at radius 1 is 1.24 bits per heavy atom. The van der Waals surface area contributed by atoms with Crippen LogP contribution >= 0.6 is 0 Å². The van der Waals surface area contributed by atoms with Crippen LogP contribution in [0.3, 0.4) is 0 Å². The maximum Gasteiger partial charge on any atom is 0.227 e. The van der Waals surface area contributed by atoms with Crippen molar-refractivity contribution in [3.05, 3.63) is 35.9 Å². The quantitative estimate of drug-likeness (QED) is 0.722. The molecule has 0 unspecified atom stereocenters. The second kappa shape index (κ2) is 8.15. The number of benzene rings is 1. The second-order valence-corrected chi connectivity index (χ2v) is 5.84. The summed E-state index contributed by atoms with van der Waals surface area (Å²) in [6.45, 7) is 2.41. The number of nitrogens with one attached hydrogen (secondary N) is 1. The molecule has 4 heteroatoms. The highest BCUT2D eigenvalue weighted by Crippen LogP contribution is 2.37. The van der Waals surface area contributed by atoms with Crippen LogP contribution in [0.1, 0.15) is 37.7 Å². The molecule has 0 heterocycles. The van der Waals surface area contributed by atoms with E-state index in [1.54, 1.807) is 0 Å². The maximum atomic E-state index is 12.2. The second-order valence-electron chi connectivity index (χ2n) is 5.84. The zero-order valence-corrected chi connectivity index (χ0v) is 12.6. The Kier molecular flexibility index (Phi) is 6.21. The van der Waals surface area contributed by atoms with Crippen LogP contribution in [0.4, 0.5) is 0 Å². The van der Waals surface area contributed by atoms with Crippen LogP contribution in [0.2, 0.25) is 0 Å². The topological polar surface area (TPSA) is 64.4 Å². The van der Waals surface area contributed by atoms with E-state index in [-0.39, 0.29) is 11.3 Å². The normalized spacial score (nSPS) is 16.8. The van der Waals surface area contributed by atoms with Gasteiger partial charge in [-0.25, -0.2) is 0 Å². The van der Waals surface area contributed by atoms with E-state index in [2.05, 4.69) is 5.32 Å². The Morgan fingerprint density at radius 3 is 2.62 bits per heavy atom. The fourth-order valence-corrected chi connectivity index (χ4v) is 2.90. The molecule has 21 heavy (non-hydrogen) atoms. The minimum absolute atomic E-state index is 0.130. The summed E-state index contributed by atoms with van der Waals surface area (Å²) in [7, 11) is 0. The number of carbonyl (C=O) groups is 1. The van der Waals surface area contributed by atoms with E-state index in [1.165, 1.54) is 5.56 Å². The van der Waals surface area contributed by atoms with Crippen molar-refractivity contribution in [2.24, 2.45) is 11.1 Å². The lowest BCUT2D eigenvalue weighted by Gasteiger charge is -2.25. The van der Waals surface area contributed by atoms with Crippen molar-refractivity contribution >= 4 is 5.91 Å². The van der Waals surface area contributed by atoms with E-state index in [4.69, 9.17) is 10.5 Å². The van der Waals surface area contributed by atoms with Gasteiger partial charge in [0.1, 0.15) is 0 Å². The highest BCUT2D eigenvalue weighted by molar-refractivity contribution is 5.83. The van der Waals surface area contributed by atoms with Gasteiger partial charge in [0.15, 0.2) is 0 Å². The lowest BCUT2D eigenvalue weighted by molar-refractivity contribution is -0.130. The smallest absolute Gasteiger partial charge is 0.227 e. The first-order chi connectivity index (χ1) is 10.3. The average Bonchev–Trinajstić information content (AvgIpc) is 3.02. The predicted molar refractivity (Wildman–Crippen MR) is 83.7 cm³/mol. The molecule has 116 valence electrons. The van der Waals surface area contributed by atoms with E-state index in [9.17, 15) is 4.79 Å². The van der Waals surface area contributed by atoms with Crippen molar-refractivity contribution in [3.8, 4) is 0 Å². The number of hydrogen-bond donors (Lipinski definition) is 2. The Bertz CT molecular complexity index is 428. The van der Waals surface area contributed by atoms with Crippen molar-refractivity contribution in [1.82, 2.24) is 5.32 Å². The van der Waals surface area contributed by atoms with Crippen LogP contribution in [0.25, 0.3) is 0 Å². The monoisotopic (exact) mass is 290 g/mol. The summed E-state index contributed by atoms with van der Waals surface area (Å²) in [6.07, 6.45) is 4.93. The van der Waals surface area contributed by atoms with E-state index < -0.39 is 0 Å².